The second-order valence-corrected chi connectivity index (χ2v) is 18.1. The molecule has 0 radical (unpaired) electrons. The number of amides is 6. The summed E-state index contributed by atoms with van der Waals surface area (Å²) in [5.41, 5.74) is 3.37. The third-order valence-electron chi connectivity index (χ3n) is 11.9. The van der Waals surface area contributed by atoms with Crippen molar-refractivity contribution in [3.05, 3.63) is 80.6 Å². The van der Waals surface area contributed by atoms with Crippen molar-refractivity contribution in [1.29, 1.82) is 0 Å². The number of hydrogen-bond acceptors (Lipinski definition) is 13. The zero-order valence-corrected chi connectivity index (χ0v) is 38.4. The number of thiophene rings is 1. The fourth-order valence-corrected chi connectivity index (χ4v) is 9.45. The summed E-state index contributed by atoms with van der Waals surface area (Å²) in [6, 6.07) is 13.0. The van der Waals surface area contributed by atoms with E-state index in [0.717, 1.165) is 56.5 Å². The Kier molecular flexibility index (Phi) is 15.7. The Morgan fingerprint density at radius 2 is 1.77 bits per heavy atom. The highest BCUT2D eigenvalue weighted by Crippen LogP contribution is 2.38. The third-order valence-corrected chi connectivity index (χ3v) is 13.1. The topological polar surface area (TPSA) is 207 Å². The molecule has 6 amide bonds. The maximum Gasteiger partial charge on any atom is 0.255 e. The number of carbonyl (C=O) groups is 6. The molecule has 17 nitrogen and oxygen atoms in total. The number of halogens is 1. The van der Waals surface area contributed by atoms with Crippen LogP contribution in [-0.2, 0) is 32.3 Å². The van der Waals surface area contributed by atoms with Gasteiger partial charge in [0.25, 0.3) is 11.8 Å². The molecule has 65 heavy (non-hydrogen) atoms. The van der Waals surface area contributed by atoms with Crippen LogP contribution in [0.5, 0.6) is 5.75 Å². The van der Waals surface area contributed by atoms with Gasteiger partial charge in [0.1, 0.15) is 23.5 Å². The van der Waals surface area contributed by atoms with Crippen molar-refractivity contribution in [3.8, 4) is 5.75 Å². The molecule has 0 bridgehead atoms. The van der Waals surface area contributed by atoms with Gasteiger partial charge in [-0.05, 0) is 87.7 Å². The number of rotatable bonds is 21. The van der Waals surface area contributed by atoms with Crippen molar-refractivity contribution < 1.29 is 33.5 Å². The molecule has 3 aliphatic rings. The van der Waals surface area contributed by atoms with E-state index in [2.05, 4.69) is 31.6 Å². The van der Waals surface area contributed by atoms with E-state index in [1.54, 1.807) is 54.5 Å². The molecule has 0 spiro atoms. The highest BCUT2D eigenvalue weighted by molar-refractivity contribution is 7.16. The van der Waals surface area contributed by atoms with Crippen molar-refractivity contribution >= 4 is 87.2 Å². The average molecular weight is 928 g/mol. The molecule has 19 heteroatoms. The summed E-state index contributed by atoms with van der Waals surface area (Å²) >= 11 is 7.68. The summed E-state index contributed by atoms with van der Waals surface area (Å²) in [5, 5.41) is 14.9. The molecule has 5 heterocycles. The second kappa shape index (κ2) is 21.7. The minimum atomic E-state index is -0.708. The first-order chi connectivity index (χ1) is 31.4. The number of carbonyl (C=O) groups excluding carboxylic acids is 6. The average Bonchev–Trinajstić information content (AvgIpc) is 3.87. The standard InChI is InChI=1S/C46H55ClN10O7S/c1-4-34-45(63)55(2)36-25-50-46(54-41(36)56(34)26-29-16-19-38(47)65-29)52-33-17-15-28(24-37(33)64-3)42(60)49-23-11-22-48-21-9-7-5-6-8-14-39(58)51-32-13-10-12-30-31(32)27-57(44(30)62)35-18-20-40(59)53-43(35)61/h10,12-13,15-17,19,24-25,34-35,48H,4-9,11,14,18,20-23,26-27H2,1-3H3,(H,49,60)(H,51,58)(H,50,52,54)(H,53,59,61)/t34-,35?/m1/s1. The van der Waals surface area contributed by atoms with E-state index in [0.29, 0.717) is 81.5 Å². The Morgan fingerprint density at radius 1 is 0.969 bits per heavy atom. The van der Waals surface area contributed by atoms with E-state index in [1.807, 2.05) is 24.0 Å². The fourth-order valence-electron chi connectivity index (χ4n) is 8.36. The van der Waals surface area contributed by atoms with Crippen LogP contribution in [0.3, 0.4) is 0 Å². The normalized spacial score (nSPS) is 16.9. The Morgan fingerprint density at radius 3 is 2.54 bits per heavy atom. The number of imide groups is 1. The van der Waals surface area contributed by atoms with Crippen molar-refractivity contribution in [1.82, 2.24) is 30.8 Å². The summed E-state index contributed by atoms with van der Waals surface area (Å²) in [6.45, 7) is 4.77. The smallest absolute Gasteiger partial charge is 0.255 e. The van der Waals surface area contributed by atoms with Crippen LogP contribution in [0.4, 0.5) is 28.8 Å². The fraction of sp³-hybridized carbons (Fsp3) is 0.435. The van der Waals surface area contributed by atoms with E-state index in [-0.39, 0.29) is 48.9 Å². The SMILES string of the molecule is CC[C@@H]1C(=O)N(C)c2cnc(Nc3ccc(C(=O)NCCCNCCCCCCCC(=O)Nc4cccc5c4CN(C4CCC(=O)NC4=O)C5=O)cc3OC)nc2N1Cc1ccc(Cl)s1. The van der Waals surface area contributed by atoms with Crippen LogP contribution in [0.2, 0.25) is 4.34 Å². The molecule has 7 rings (SSSR count). The first kappa shape index (κ1) is 46.9. The van der Waals surface area contributed by atoms with Gasteiger partial charge in [0.2, 0.25) is 29.6 Å². The number of benzene rings is 2. The van der Waals surface area contributed by atoms with E-state index >= 15 is 0 Å². The monoisotopic (exact) mass is 926 g/mol. The Bertz CT molecular complexity index is 2430. The molecule has 1 saturated heterocycles. The summed E-state index contributed by atoms with van der Waals surface area (Å²) in [7, 11) is 3.27. The van der Waals surface area contributed by atoms with Crippen molar-refractivity contribution in [3.63, 3.8) is 0 Å². The van der Waals surface area contributed by atoms with Crippen LogP contribution < -0.4 is 41.1 Å². The molecule has 0 aliphatic carbocycles. The van der Waals surface area contributed by atoms with E-state index in [4.69, 9.17) is 21.3 Å². The summed E-state index contributed by atoms with van der Waals surface area (Å²) < 4.78 is 6.32. The largest absolute Gasteiger partial charge is 0.495 e. The molecule has 1 unspecified atom stereocenters. The van der Waals surface area contributed by atoms with Gasteiger partial charge in [-0.1, -0.05) is 43.9 Å². The first-order valence-corrected chi connectivity index (χ1v) is 23.3. The summed E-state index contributed by atoms with van der Waals surface area (Å²) in [4.78, 5) is 91.6. The zero-order valence-electron chi connectivity index (χ0n) is 36.8. The van der Waals surface area contributed by atoms with Crippen LogP contribution in [0.15, 0.2) is 54.7 Å². The second-order valence-electron chi connectivity index (χ2n) is 16.3. The maximum atomic E-state index is 13.3. The summed E-state index contributed by atoms with van der Waals surface area (Å²) in [6.07, 6.45) is 8.52. The van der Waals surface area contributed by atoms with Crippen LogP contribution in [0.25, 0.3) is 0 Å². The molecule has 5 N–H and O–H groups in total. The van der Waals surface area contributed by atoms with Gasteiger partial charge in [-0.3, -0.25) is 34.1 Å². The lowest BCUT2D eigenvalue weighted by Gasteiger charge is -2.40. The number of hydrogen-bond donors (Lipinski definition) is 5. The van der Waals surface area contributed by atoms with Gasteiger partial charge in [0, 0.05) is 60.2 Å². The highest BCUT2D eigenvalue weighted by Gasteiger charge is 2.40. The minimum absolute atomic E-state index is 0.0277. The van der Waals surface area contributed by atoms with Gasteiger partial charge in [-0.25, -0.2) is 4.98 Å². The van der Waals surface area contributed by atoms with E-state index < -0.39 is 18.0 Å². The summed E-state index contributed by atoms with van der Waals surface area (Å²) in [5.74, 6) is -0.0451. The van der Waals surface area contributed by atoms with E-state index in [1.165, 1.54) is 23.3 Å². The number of nitrogens with one attached hydrogen (secondary N) is 5. The molecular formula is C46H55ClN10O7S. The van der Waals surface area contributed by atoms with Crippen molar-refractivity contribution in [2.75, 3.05) is 54.2 Å². The predicted octanol–water partition coefficient (Wildman–Crippen LogP) is 6.16. The lowest BCUT2D eigenvalue weighted by atomic mass is 10.0. The Hall–Kier alpha value is -6.11. The molecule has 0 saturated carbocycles. The molecule has 344 valence electrons. The Balaban J connectivity index is 0.777. The molecular weight excluding hydrogens is 872 g/mol. The highest BCUT2D eigenvalue weighted by atomic mass is 35.5. The molecule has 2 atom stereocenters. The molecule has 2 aromatic heterocycles. The zero-order chi connectivity index (χ0) is 46.0. The van der Waals surface area contributed by atoms with Crippen molar-refractivity contribution in [2.45, 2.75) is 96.3 Å². The minimum Gasteiger partial charge on any atom is -0.495 e. The lowest BCUT2D eigenvalue weighted by Crippen LogP contribution is -2.52. The van der Waals surface area contributed by atoms with Gasteiger partial charge in [0.15, 0.2) is 5.82 Å². The van der Waals surface area contributed by atoms with Gasteiger partial charge in [-0.2, -0.15) is 4.98 Å². The number of fused-ring (bicyclic) bond motifs is 2. The number of piperidine rings is 1. The number of aromatic nitrogens is 2. The van der Waals surface area contributed by atoms with Gasteiger partial charge in [-0.15, -0.1) is 11.3 Å². The van der Waals surface area contributed by atoms with Crippen LogP contribution >= 0.6 is 22.9 Å². The molecule has 3 aliphatic heterocycles. The number of anilines is 5. The number of methoxy groups -OCH3 is 1. The molecule has 2 aromatic carbocycles. The number of unbranched alkanes of at least 4 members (excludes halogenated alkanes) is 4. The van der Waals surface area contributed by atoms with Gasteiger partial charge in [0.05, 0.1) is 29.9 Å². The van der Waals surface area contributed by atoms with Gasteiger partial charge >= 0.3 is 0 Å². The van der Waals surface area contributed by atoms with E-state index in [9.17, 15) is 28.8 Å². The predicted molar refractivity (Wildman–Crippen MR) is 250 cm³/mol. The number of likely N-dealkylation sites (N-methyl/N-ethyl adjacent to an activating group) is 1. The molecule has 1 fully saturated rings. The van der Waals surface area contributed by atoms with Crippen LogP contribution in [-0.4, -0.2) is 96.2 Å². The third kappa shape index (κ3) is 11.2. The van der Waals surface area contributed by atoms with Gasteiger partial charge < -0.3 is 40.7 Å². The number of nitrogens with zero attached hydrogens (tertiary/aromatic N) is 5. The van der Waals surface area contributed by atoms with Crippen LogP contribution in [0, 0.1) is 0 Å². The molecule has 4 aromatic rings. The lowest BCUT2D eigenvalue weighted by molar-refractivity contribution is -0.137. The Labute approximate surface area is 387 Å². The maximum absolute atomic E-state index is 13.3. The number of ether oxygens (including phenoxy) is 1. The van der Waals surface area contributed by atoms with Crippen LogP contribution in [0.1, 0.15) is 102 Å². The first-order valence-electron chi connectivity index (χ1n) is 22.1. The van der Waals surface area contributed by atoms with Crippen molar-refractivity contribution in [2.24, 2.45) is 0 Å². The quantitative estimate of drug-likeness (QED) is 0.0471.